The summed E-state index contributed by atoms with van der Waals surface area (Å²) in [5, 5.41) is 45.9. The second kappa shape index (κ2) is 33.8. The van der Waals surface area contributed by atoms with Crippen LogP contribution in [0.4, 0.5) is 45.5 Å². The van der Waals surface area contributed by atoms with E-state index in [2.05, 4.69) is 20.3 Å². The number of hydrogen-bond acceptors (Lipinski definition) is 19. The van der Waals surface area contributed by atoms with E-state index in [0.29, 0.717) is 97.8 Å². The van der Waals surface area contributed by atoms with Gasteiger partial charge in [0.15, 0.2) is 0 Å². The van der Waals surface area contributed by atoms with Gasteiger partial charge in [0.1, 0.15) is 78.1 Å². The molecular formula is C104H82Cl2N8O19. The molecule has 5 fully saturated rings. The first kappa shape index (κ1) is 85.6. The molecule has 0 atom stereocenters. The van der Waals surface area contributed by atoms with Crippen LogP contribution in [0.2, 0.25) is 10.0 Å². The van der Waals surface area contributed by atoms with Gasteiger partial charge in [-0.25, -0.2) is 24.2 Å². The van der Waals surface area contributed by atoms with Crippen LogP contribution in [0.15, 0.2) is 256 Å². The summed E-state index contributed by atoms with van der Waals surface area (Å²) in [6.07, 6.45) is 10.2. The maximum absolute atomic E-state index is 13.5. The number of carboxylic acids is 4. The van der Waals surface area contributed by atoms with Crippen LogP contribution in [0.3, 0.4) is 0 Å². The van der Waals surface area contributed by atoms with Crippen molar-refractivity contribution in [2.45, 2.75) is 139 Å². The smallest absolute Gasteiger partial charge is 0.335 e. The SMILES string of the molecule is Cc1noc(C)c1COc1ccc2c(c1)C1(CC1)C(=O)N2c1ccc(C(=O)O)cc1.Cc1oc(-c2ccccc2)nc1COc1ccc2c(c1)C1(CC1)C(=O)N2c1ccc(C(=O)O)cc1.O=C(O)c1ccc(N2C(=O)C3(CC3)c3cc(OCc4ccccn4)ccc32)cc1.O=C(O)c1ccc(N2C(=O)C3(CC3)c3ccc(OCc4c(-c5c(Cl)cccc5Cl)noc4C4CC4)cc32)cc1. The number of amides is 4. The summed E-state index contributed by atoms with van der Waals surface area (Å²) in [4.78, 5) is 114. The second-order valence-electron chi connectivity index (χ2n) is 34.4. The first-order valence-electron chi connectivity index (χ1n) is 43.4. The molecule has 0 radical (unpaired) electrons. The van der Waals surface area contributed by atoms with Gasteiger partial charge in [0.25, 0.3) is 0 Å². The lowest BCUT2D eigenvalue weighted by atomic mass is 9.98. The van der Waals surface area contributed by atoms with Crippen LogP contribution in [0, 0.1) is 20.8 Å². The average Bonchev–Trinajstić information content (AvgIpc) is 1.55. The van der Waals surface area contributed by atoms with Gasteiger partial charge in [0, 0.05) is 52.1 Å². The lowest BCUT2D eigenvalue weighted by molar-refractivity contribution is -0.120. The third-order valence-corrected chi connectivity index (χ3v) is 26.8. The largest absolute Gasteiger partial charge is 0.489 e. The van der Waals surface area contributed by atoms with E-state index in [1.54, 1.807) is 92.5 Å². The highest BCUT2D eigenvalue weighted by Crippen LogP contribution is 2.64. The maximum atomic E-state index is 13.5. The number of pyridine rings is 1. The molecule has 4 spiro atoms. The zero-order chi connectivity index (χ0) is 92.1. The molecule has 14 aromatic rings. The van der Waals surface area contributed by atoms with Crippen LogP contribution in [0.1, 0.15) is 179 Å². The molecule has 133 heavy (non-hydrogen) atoms. The molecule has 23 rings (SSSR count). The van der Waals surface area contributed by atoms with E-state index in [9.17, 15) is 48.6 Å². The normalized spacial score (nSPS) is 16.1. The molecule has 666 valence electrons. The summed E-state index contributed by atoms with van der Waals surface area (Å²) in [7, 11) is 0. The Bertz CT molecular complexity index is 7020. The summed E-state index contributed by atoms with van der Waals surface area (Å²) in [5.74, 6) is 1.83. The third-order valence-electron chi connectivity index (χ3n) is 26.2. The van der Waals surface area contributed by atoms with Gasteiger partial charge < -0.3 is 52.8 Å². The van der Waals surface area contributed by atoms with Crippen LogP contribution in [-0.2, 0) is 67.3 Å². The zero-order valence-corrected chi connectivity index (χ0v) is 73.3. The number of nitrogens with zero attached hydrogens (tertiary/aromatic N) is 8. The van der Waals surface area contributed by atoms with Crippen molar-refractivity contribution in [2.24, 2.45) is 0 Å². The van der Waals surface area contributed by atoms with E-state index in [4.69, 9.17) is 65.8 Å². The molecule has 10 aromatic carbocycles. The van der Waals surface area contributed by atoms with Gasteiger partial charge in [-0.1, -0.05) is 69.9 Å². The molecule has 4 aliphatic heterocycles. The van der Waals surface area contributed by atoms with E-state index < -0.39 is 45.5 Å². The number of rotatable bonds is 23. The van der Waals surface area contributed by atoms with Crippen LogP contribution >= 0.6 is 23.2 Å². The van der Waals surface area contributed by atoms with Gasteiger partial charge in [0.2, 0.25) is 29.5 Å². The number of benzene rings is 10. The average molecular weight is 1820 g/mol. The predicted octanol–water partition coefficient (Wildman–Crippen LogP) is 21.5. The molecule has 0 saturated heterocycles. The Morgan fingerprint density at radius 1 is 0.406 bits per heavy atom. The summed E-state index contributed by atoms with van der Waals surface area (Å²) in [5.41, 5.74) is 14.6. The van der Waals surface area contributed by atoms with E-state index in [0.717, 1.165) is 155 Å². The van der Waals surface area contributed by atoms with Gasteiger partial charge >= 0.3 is 23.9 Å². The first-order chi connectivity index (χ1) is 64.3. The number of carbonyl (C=O) groups excluding carboxylic acids is 4. The van der Waals surface area contributed by atoms with Crippen molar-refractivity contribution in [1.29, 1.82) is 0 Å². The minimum absolute atomic E-state index is 0.00317. The third kappa shape index (κ3) is 15.7. The molecule has 4 aromatic heterocycles. The van der Waals surface area contributed by atoms with E-state index in [1.807, 2.05) is 142 Å². The minimum atomic E-state index is -1.01. The molecule has 0 unspecified atom stereocenters. The van der Waals surface area contributed by atoms with E-state index in [1.165, 1.54) is 48.5 Å². The molecular weight excluding hydrogens is 1740 g/mol. The molecule has 8 heterocycles. The lowest BCUT2D eigenvalue weighted by Gasteiger charge is -2.19. The van der Waals surface area contributed by atoms with Crippen molar-refractivity contribution in [3.05, 3.63) is 343 Å². The fourth-order valence-corrected chi connectivity index (χ4v) is 18.7. The van der Waals surface area contributed by atoms with Crippen molar-refractivity contribution in [1.82, 2.24) is 20.3 Å². The topological polar surface area (TPSA) is 358 Å². The van der Waals surface area contributed by atoms with Crippen molar-refractivity contribution in [2.75, 3.05) is 19.6 Å². The molecule has 4 amide bonds. The van der Waals surface area contributed by atoms with Crippen molar-refractivity contribution in [3.63, 3.8) is 0 Å². The first-order valence-corrected chi connectivity index (χ1v) is 44.2. The Morgan fingerprint density at radius 2 is 0.805 bits per heavy atom. The number of aromatic carboxylic acids is 4. The second-order valence-corrected chi connectivity index (χ2v) is 35.2. The number of fused-ring (bicyclic) bond motifs is 8. The van der Waals surface area contributed by atoms with Crippen LogP contribution < -0.4 is 38.5 Å². The highest BCUT2D eigenvalue weighted by molar-refractivity contribution is 6.39. The maximum Gasteiger partial charge on any atom is 0.335 e. The number of ether oxygens (including phenoxy) is 4. The number of aryl methyl sites for hydroxylation is 3. The minimum Gasteiger partial charge on any atom is -0.489 e. The molecule has 4 N–H and O–H groups in total. The molecule has 29 heteroatoms. The molecule has 9 aliphatic rings. The Hall–Kier alpha value is -15.5. The number of anilines is 8. The highest BCUT2D eigenvalue weighted by Gasteiger charge is 2.63. The van der Waals surface area contributed by atoms with Crippen LogP contribution in [0.25, 0.3) is 22.7 Å². The quantitative estimate of drug-likeness (QED) is 0.0462. The van der Waals surface area contributed by atoms with Crippen molar-refractivity contribution >= 4 is 116 Å². The summed E-state index contributed by atoms with van der Waals surface area (Å²) in [6, 6.07) is 69.0. The van der Waals surface area contributed by atoms with Crippen molar-refractivity contribution in [3.8, 4) is 45.7 Å². The zero-order valence-electron chi connectivity index (χ0n) is 71.8. The van der Waals surface area contributed by atoms with Gasteiger partial charge in [-0.15, -0.1) is 0 Å². The van der Waals surface area contributed by atoms with Crippen LogP contribution in [-0.4, -0.2) is 88.2 Å². The van der Waals surface area contributed by atoms with Gasteiger partial charge in [-0.3, -0.25) is 43.8 Å². The number of carboxylic acid groups (broad SMARTS) is 4. The lowest BCUT2D eigenvalue weighted by Crippen LogP contribution is -2.27. The van der Waals surface area contributed by atoms with E-state index in [-0.39, 0.29) is 59.1 Å². The summed E-state index contributed by atoms with van der Waals surface area (Å²) in [6.45, 7) is 6.75. The Balaban J connectivity index is 0.000000111. The molecule has 5 aliphatic carbocycles. The fourth-order valence-electron chi connectivity index (χ4n) is 18.1. The molecule has 5 saturated carbocycles. The highest BCUT2D eigenvalue weighted by atomic mass is 35.5. The number of aromatic nitrogens is 4. The van der Waals surface area contributed by atoms with Gasteiger partial charge in [0.05, 0.1) is 99.2 Å². The Morgan fingerprint density at radius 3 is 1.21 bits per heavy atom. The number of halogens is 2. The molecule has 0 bridgehead atoms. The summed E-state index contributed by atoms with van der Waals surface area (Å²) >= 11 is 13.0. The van der Waals surface area contributed by atoms with Crippen molar-refractivity contribution < 1.29 is 91.2 Å². The monoisotopic (exact) mass is 1820 g/mol. The Kier molecular flexibility index (Phi) is 21.7. The predicted molar refractivity (Wildman–Crippen MR) is 490 cm³/mol. The summed E-state index contributed by atoms with van der Waals surface area (Å²) < 4.78 is 41.0. The van der Waals surface area contributed by atoms with E-state index >= 15 is 0 Å². The Labute approximate surface area is 770 Å². The number of carbonyl (C=O) groups is 8. The molecule has 27 nitrogen and oxygen atoms in total. The number of hydrogen-bond donors (Lipinski definition) is 4. The standard InChI is InChI=1S/C30H22Cl2N2O5.C28H22N2O5.C23H20N2O5.C23H18N2O4/c31-22-2-1-3-23(32)25(22)26-20(27(39-33-26)16-4-5-16)15-38-19-10-11-21-24(14-19)34(29(37)30(21)12-13-30)18-8-6-17(7-9-18)28(35)36;1-17-23(29-25(35-17)18-5-3-2-4-6-18)16-34-21-11-12-24-22(15-21)28(13-14-28)27(33)30(24)20-9-7-19(8-10-20)26(31)32;1-13-18(14(2)30-24-13)12-29-17-7-8-20-19(11-17)23(9-10-23)22(28)25(20)16-5-3-15(4-6-16)21(26)27;26-21(27)15-4-6-17(7-5-15)25-20-9-8-18(29-14-16-3-1-2-12-24-16)13-19(20)23(10-11-23)22(25)28/h1-3,6-11,14,16H,4-5,12-13,15H2,(H,35,36);2-12,15H,13-14,16H2,1H3,(H,31,32);3-8,11H,9-10,12H2,1-2H3,(H,26,27);1-9,12-13H,10-11,14H2,(H,26,27). The van der Waals surface area contributed by atoms with Gasteiger partial charge in [-0.05, 0) is 301 Å². The van der Waals surface area contributed by atoms with Crippen LogP contribution in [0.5, 0.6) is 23.0 Å². The van der Waals surface area contributed by atoms with Gasteiger partial charge in [-0.2, -0.15) is 0 Å². The fraction of sp³-hybridized carbons (Fsp3) is 0.212. The number of oxazole rings is 1.